The molecule has 0 spiro atoms. The first-order valence-electron chi connectivity index (χ1n) is 8.40. The van der Waals surface area contributed by atoms with Gasteiger partial charge in [-0.25, -0.2) is 4.99 Å². The molecule has 1 aliphatic carbocycles. The van der Waals surface area contributed by atoms with Crippen LogP contribution < -0.4 is 0 Å². The van der Waals surface area contributed by atoms with Crippen molar-refractivity contribution in [1.29, 1.82) is 5.26 Å². The molecular formula is C20H22N2O2S. The second kappa shape index (κ2) is 6.53. The van der Waals surface area contributed by atoms with Gasteiger partial charge in [0.25, 0.3) is 0 Å². The predicted molar refractivity (Wildman–Crippen MR) is 101 cm³/mol. The Morgan fingerprint density at radius 2 is 2.04 bits per heavy atom. The number of thiophene rings is 1. The fourth-order valence-electron chi connectivity index (χ4n) is 3.27. The van der Waals surface area contributed by atoms with E-state index in [1.54, 1.807) is 23.6 Å². The number of phenolic OH excluding ortho intramolecular Hbond substituents is 2. The first kappa shape index (κ1) is 17.5. The molecule has 1 heterocycles. The Labute approximate surface area is 152 Å². The molecule has 5 heteroatoms. The zero-order chi connectivity index (χ0) is 18.2. The molecule has 0 aliphatic heterocycles. The predicted octanol–water partition coefficient (Wildman–Crippen LogP) is 4.93. The number of hydrogen-bond acceptors (Lipinski definition) is 5. The lowest BCUT2D eigenvalue weighted by atomic mass is 9.72. The third-order valence-electron chi connectivity index (χ3n) is 4.91. The van der Waals surface area contributed by atoms with E-state index in [1.165, 1.54) is 17.0 Å². The SMILES string of the molecule is CC(C)(C)[C@H]1CCc2c(sc(N=Cc3ccc(O)c(O)c3)c2C#N)C1. The first-order valence-corrected chi connectivity index (χ1v) is 9.22. The minimum Gasteiger partial charge on any atom is -0.504 e. The fourth-order valence-corrected chi connectivity index (χ4v) is 4.49. The molecule has 0 amide bonds. The zero-order valence-electron chi connectivity index (χ0n) is 14.7. The van der Waals surface area contributed by atoms with E-state index in [9.17, 15) is 15.5 Å². The van der Waals surface area contributed by atoms with Crippen molar-refractivity contribution in [3.63, 3.8) is 0 Å². The summed E-state index contributed by atoms with van der Waals surface area (Å²) in [4.78, 5) is 5.77. The molecule has 4 nitrogen and oxygen atoms in total. The van der Waals surface area contributed by atoms with Crippen LogP contribution >= 0.6 is 11.3 Å². The topological polar surface area (TPSA) is 76.6 Å². The molecule has 1 aromatic carbocycles. The van der Waals surface area contributed by atoms with Gasteiger partial charge in [-0.05, 0) is 59.9 Å². The number of rotatable bonds is 2. The number of aliphatic imine (C=N–C) groups is 1. The quantitative estimate of drug-likeness (QED) is 0.593. The Balaban J connectivity index is 1.91. The summed E-state index contributed by atoms with van der Waals surface area (Å²) < 4.78 is 0. The van der Waals surface area contributed by atoms with Crippen LogP contribution in [-0.4, -0.2) is 16.4 Å². The third-order valence-corrected chi connectivity index (χ3v) is 6.08. The Hall–Kier alpha value is -2.32. The molecule has 2 aromatic rings. The van der Waals surface area contributed by atoms with Gasteiger partial charge in [0.2, 0.25) is 0 Å². The van der Waals surface area contributed by atoms with E-state index in [-0.39, 0.29) is 16.9 Å². The fraction of sp³-hybridized carbons (Fsp3) is 0.400. The molecule has 0 radical (unpaired) electrons. The van der Waals surface area contributed by atoms with Crippen LogP contribution in [0, 0.1) is 22.7 Å². The van der Waals surface area contributed by atoms with Crippen LogP contribution in [0.15, 0.2) is 23.2 Å². The van der Waals surface area contributed by atoms with E-state index >= 15 is 0 Å². The largest absolute Gasteiger partial charge is 0.504 e. The van der Waals surface area contributed by atoms with Gasteiger partial charge < -0.3 is 10.2 Å². The van der Waals surface area contributed by atoms with Gasteiger partial charge >= 0.3 is 0 Å². The van der Waals surface area contributed by atoms with Crippen LogP contribution in [-0.2, 0) is 12.8 Å². The zero-order valence-corrected chi connectivity index (χ0v) is 15.5. The van der Waals surface area contributed by atoms with Gasteiger partial charge in [-0.1, -0.05) is 20.8 Å². The van der Waals surface area contributed by atoms with Gasteiger partial charge in [-0.3, -0.25) is 0 Å². The van der Waals surface area contributed by atoms with Crippen molar-refractivity contribution in [3.8, 4) is 17.6 Å². The Morgan fingerprint density at radius 3 is 2.68 bits per heavy atom. The third kappa shape index (κ3) is 3.54. The van der Waals surface area contributed by atoms with Crippen LogP contribution in [0.2, 0.25) is 0 Å². The Kier molecular flexibility index (Phi) is 4.57. The summed E-state index contributed by atoms with van der Waals surface area (Å²) in [5.41, 5.74) is 2.79. The van der Waals surface area contributed by atoms with E-state index in [0.29, 0.717) is 17.0 Å². The molecule has 0 bridgehead atoms. The minimum atomic E-state index is -0.178. The second-order valence-corrected chi connectivity index (χ2v) is 8.69. The number of fused-ring (bicyclic) bond motifs is 1. The molecule has 0 unspecified atom stereocenters. The minimum absolute atomic E-state index is 0.158. The average Bonchev–Trinajstić information content (AvgIpc) is 2.91. The molecule has 25 heavy (non-hydrogen) atoms. The van der Waals surface area contributed by atoms with Crippen molar-refractivity contribution in [1.82, 2.24) is 0 Å². The van der Waals surface area contributed by atoms with Crippen molar-refractivity contribution < 1.29 is 10.2 Å². The molecule has 0 fully saturated rings. The van der Waals surface area contributed by atoms with Crippen LogP contribution in [0.5, 0.6) is 11.5 Å². The standard InChI is InChI=1S/C20H22N2O2S/c1-20(2,3)13-5-6-14-15(10-21)19(25-18(14)9-13)22-11-12-4-7-16(23)17(24)8-12/h4,7-8,11,13,23-24H,5-6,9H2,1-3H3/t13-/m0/s1. The molecule has 2 N–H and O–H groups in total. The first-order chi connectivity index (χ1) is 11.8. The summed E-state index contributed by atoms with van der Waals surface area (Å²) in [6.07, 6.45) is 4.68. The Bertz CT molecular complexity index is 869. The summed E-state index contributed by atoms with van der Waals surface area (Å²) in [5, 5.41) is 29.3. The molecule has 1 aromatic heterocycles. The van der Waals surface area contributed by atoms with Crippen LogP contribution in [0.1, 0.15) is 48.8 Å². The molecular weight excluding hydrogens is 332 g/mol. The average molecular weight is 354 g/mol. The van der Waals surface area contributed by atoms with Gasteiger partial charge in [-0.15, -0.1) is 11.3 Å². The van der Waals surface area contributed by atoms with Gasteiger partial charge in [0.15, 0.2) is 11.5 Å². The van der Waals surface area contributed by atoms with Crippen molar-refractivity contribution in [2.24, 2.45) is 16.3 Å². The summed E-state index contributed by atoms with van der Waals surface area (Å²) in [7, 11) is 0. The van der Waals surface area contributed by atoms with Gasteiger partial charge in [0, 0.05) is 11.1 Å². The number of benzene rings is 1. The highest BCUT2D eigenvalue weighted by Gasteiger charge is 2.32. The highest BCUT2D eigenvalue weighted by Crippen LogP contribution is 2.44. The van der Waals surface area contributed by atoms with E-state index in [4.69, 9.17) is 0 Å². The maximum Gasteiger partial charge on any atom is 0.158 e. The Morgan fingerprint density at radius 1 is 1.28 bits per heavy atom. The van der Waals surface area contributed by atoms with Gasteiger partial charge in [0.05, 0.1) is 5.56 Å². The lowest BCUT2D eigenvalue weighted by Gasteiger charge is -2.33. The molecule has 1 atom stereocenters. The summed E-state index contributed by atoms with van der Waals surface area (Å²) in [6.45, 7) is 6.83. The normalized spacial score (nSPS) is 17.4. The van der Waals surface area contributed by atoms with E-state index in [1.807, 2.05) is 0 Å². The number of aromatic hydroxyl groups is 2. The summed E-state index contributed by atoms with van der Waals surface area (Å²) >= 11 is 1.60. The van der Waals surface area contributed by atoms with Crippen molar-refractivity contribution in [2.45, 2.75) is 40.0 Å². The van der Waals surface area contributed by atoms with Crippen LogP contribution in [0.3, 0.4) is 0 Å². The molecule has 0 saturated carbocycles. The lowest BCUT2D eigenvalue weighted by Crippen LogP contribution is -2.26. The van der Waals surface area contributed by atoms with Crippen molar-refractivity contribution in [3.05, 3.63) is 39.8 Å². The molecule has 1 aliphatic rings. The highest BCUT2D eigenvalue weighted by atomic mass is 32.1. The number of nitrogens with zero attached hydrogens (tertiary/aromatic N) is 2. The van der Waals surface area contributed by atoms with E-state index in [0.717, 1.165) is 29.8 Å². The van der Waals surface area contributed by atoms with Crippen LogP contribution in [0.4, 0.5) is 5.00 Å². The summed E-state index contributed by atoms with van der Waals surface area (Å²) in [5.74, 6) is 0.286. The van der Waals surface area contributed by atoms with Gasteiger partial charge in [-0.2, -0.15) is 5.26 Å². The smallest absolute Gasteiger partial charge is 0.158 e. The van der Waals surface area contributed by atoms with Crippen molar-refractivity contribution in [2.75, 3.05) is 0 Å². The van der Waals surface area contributed by atoms with E-state index < -0.39 is 0 Å². The van der Waals surface area contributed by atoms with Crippen LogP contribution in [0.25, 0.3) is 0 Å². The molecule has 130 valence electrons. The van der Waals surface area contributed by atoms with Crippen molar-refractivity contribution >= 4 is 22.6 Å². The van der Waals surface area contributed by atoms with Gasteiger partial charge in [0.1, 0.15) is 11.1 Å². The lowest BCUT2D eigenvalue weighted by molar-refractivity contribution is 0.218. The molecule has 0 saturated heterocycles. The number of nitriles is 1. The maximum atomic E-state index is 9.58. The highest BCUT2D eigenvalue weighted by molar-refractivity contribution is 7.16. The summed E-state index contributed by atoms with van der Waals surface area (Å²) in [6, 6.07) is 6.87. The number of hydrogen-bond donors (Lipinski definition) is 2. The second-order valence-electron chi connectivity index (χ2n) is 7.61. The maximum absolute atomic E-state index is 9.58. The molecule has 3 rings (SSSR count). The monoisotopic (exact) mass is 354 g/mol. The number of phenols is 2. The van der Waals surface area contributed by atoms with E-state index in [2.05, 4.69) is 31.8 Å².